The third-order valence-electron chi connectivity index (χ3n) is 3.35. The molecule has 2 aliphatic rings. The Labute approximate surface area is 81.3 Å². The zero-order valence-electron chi connectivity index (χ0n) is 8.88. The Kier molecular flexibility index (Phi) is 2.61. The lowest BCUT2D eigenvalue weighted by Crippen LogP contribution is -2.47. The number of ether oxygens (including phenoxy) is 1. The molecule has 0 amide bonds. The van der Waals surface area contributed by atoms with Gasteiger partial charge in [0.15, 0.2) is 0 Å². The topological polar surface area (TPSA) is 12.5 Å². The molecular weight excluding hydrogens is 162 g/mol. The van der Waals surface area contributed by atoms with Crippen molar-refractivity contribution in [2.45, 2.75) is 38.6 Å². The van der Waals surface area contributed by atoms with Gasteiger partial charge >= 0.3 is 0 Å². The van der Waals surface area contributed by atoms with Crippen molar-refractivity contribution in [2.75, 3.05) is 26.3 Å². The van der Waals surface area contributed by atoms with Crippen molar-refractivity contribution in [2.24, 2.45) is 5.92 Å². The number of nitrogens with zero attached hydrogens (tertiary/aromatic N) is 1. The van der Waals surface area contributed by atoms with Crippen LogP contribution in [0.1, 0.15) is 33.1 Å². The van der Waals surface area contributed by atoms with E-state index in [2.05, 4.69) is 18.7 Å². The van der Waals surface area contributed by atoms with E-state index >= 15 is 0 Å². The van der Waals surface area contributed by atoms with Crippen LogP contribution in [0, 0.1) is 5.92 Å². The minimum atomic E-state index is 0.493. The van der Waals surface area contributed by atoms with Crippen molar-refractivity contribution in [1.29, 1.82) is 0 Å². The van der Waals surface area contributed by atoms with Gasteiger partial charge in [-0.15, -0.1) is 0 Å². The van der Waals surface area contributed by atoms with Gasteiger partial charge in [0.1, 0.15) is 0 Å². The highest BCUT2D eigenvalue weighted by Crippen LogP contribution is 2.43. The van der Waals surface area contributed by atoms with Gasteiger partial charge in [0.05, 0.1) is 13.2 Å². The molecule has 2 nitrogen and oxygen atoms in total. The molecule has 2 fully saturated rings. The van der Waals surface area contributed by atoms with Gasteiger partial charge < -0.3 is 4.74 Å². The molecule has 1 saturated carbocycles. The van der Waals surface area contributed by atoms with Crippen molar-refractivity contribution in [1.82, 2.24) is 4.90 Å². The second-order valence-corrected chi connectivity index (χ2v) is 4.95. The quantitative estimate of drug-likeness (QED) is 0.662. The Hall–Kier alpha value is -0.0800. The van der Waals surface area contributed by atoms with E-state index in [9.17, 15) is 0 Å². The smallest absolute Gasteiger partial charge is 0.0651 e. The zero-order valence-corrected chi connectivity index (χ0v) is 8.88. The van der Waals surface area contributed by atoms with Crippen LogP contribution in [0.2, 0.25) is 0 Å². The lowest BCUT2D eigenvalue weighted by Gasteiger charge is -2.36. The van der Waals surface area contributed by atoms with E-state index in [0.717, 1.165) is 25.7 Å². The molecule has 0 bridgehead atoms. The number of rotatable bonds is 3. The van der Waals surface area contributed by atoms with Gasteiger partial charge in [0.2, 0.25) is 0 Å². The van der Waals surface area contributed by atoms with E-state index in [4.69, 9.17) is 4.74 Å². The van der Waals surface area contributed by atoms with Crippen molar-refractivity contribution in [3.63, 3.8) is 0 Å². The van der Waals surface area contributed by atoms with Crippen molar-refractivity contribution in [3.8, 4) is 0 Å². The van der Waals surface area contributed by atoms with Crippen LogP contribution >= 0.6 is 0 Å². The predicted octanol–water partition coefficient (Wildman–Crippen LogP) is 1.90. The summed E-state index contributed by atoms with van der Waals surface area (Å²) in [6.07, 6.45) is 4.07. The fraction of sp³-hybridized carbons (Fsp3) is 1.00. The molecule has 2 heteroatoms. The highest BCUT2D eigenvalue weighted by atomic mass is 16.5. The Morgan fingerprint density at radius 2 is 2.15 bits per heavy atom. The molecule has 1 aliphatic carbocycles. The van der Waals surface area contributed by atoms with Crippen LogP contribution in [-0.4, -0.2) is 36.7 Å². The van der Waals surface area contributed by atoms with Crippen LogP contribution in [0.5, 0.6) is 0 Å². The van der Waals surface area contributed by atoms with Crippen LogP contribution < -0.4 is 0 Å². The second kappa shape index (κ2) is 3.58. The minimum absolute atomic E-state index is 0.493. The summed E-state index contributed by atoms with van der Waals surface area (Å²) >= 11 is 0. The summed E-state index contributed by atoms with van der Waals surface area (Å²) in [5.41, 5.74) is 0.493. The van der Waals surface area contributed by atoms with Crippen LogP contribution in [0.3, 0.4) is 0 Å². The van der Waals surface area contributed by atoms with E-state index in [1.807, 2.05) is 0 Å². The normalized spacial score (nSPS) is 27.0. The van der Waals surface area contributed by atoms with E-state index in [0.29, 0.717) is 5.54 Å². The molecule has 0 N–H and O–H groups in total. The van der Waals surface area contributed by atoms with E-state index in [1.165, 1.54) is 25.8 Å². The molecule has 0 atom stereocenters. The molecule has 1 saturated heterocycles. The number of morpholine rings is 1. The zero-order chi connectivity index (χ0) is 9.31. The largest absolute Gasteiger partial charge is 0.378 e. The molecule has 0 radical (unpaired) electrons. The molecule has 0 unspecified atom stereocenters. The first-order valence-corrected chi connectivity index (χ1v) is 5.56. The maximum Gasteiger partial charge on any atom is 0.0651 e. The summed E-state index contributed by atoms with van der Waals surface area (Å²) in [7, 11) is 0. The lowest BCUT2D eigenvalue weighted by atomic mass is 10.1. The SMILES string of the molecule is CC(C)CCN1CCOCC12CC2. The van der Waals surface area contributed by atoms with Crippen molar-refractivity contribution < 1.29 is 4.74 Å². The maximum atomic E-state index is 5.54. The van der Waals surface area contributed by atoms with Crippen LogP contribution in [-0.2, 0) is 4.74 Å². The standard InChI is InChI=1S/C11H21NO/c1-10(2)3-6-12-7-8-13-9-11(12)4-5-11/h10H,3-9H2,1-2H3. The van der Waals surface area contributed by atoms with Gasteiger partial charge in [-0.25, -0.2) is 0 Å². The minimum Gasteiger partial charge on any atom is -0.378 e. The average Bonchev–Trinajstić information content (AvgIpc) is 2.84. The molecule has 0 aromatic heterocycles. The third kappa shape index (κ3) is 2.05. The van der Waals surface area contributed by atoms with Gasteiger partial charge in [0, 0.05) is 12.1 Å². The monoisotopic (exact) mass is 183 g/mol. The Morgan fingerprint density at radius 3 is 2.77 bits per heavy atom. The molecule has 13 heavy (non-hydrogen) atoms. The van der Waals surface area contributed by atoms with E-state index < -0.39 is 0 Å². The second-order valence-electron chi connectivity index (χ2n) is 4.95. The van der Waals surface area contributed by atoms with Crippen molar-refractivity contribution >= 4 is 0 Å². The maximum absolute atomic E-state index is 5.54. The van der Waals surface area contributed by atoms with Crippen LogP contribution in [0.25, 0.3) is 0 Å². The third-order valence-corrected chi connectivity index (χ3v) is 3.35. The number of hydrogen-bond donors (Lipinski definition) is 0. The average molecular weight is 183 g/mol. The Balaban J connectivity index is 1.82. The fourth-order valence-corrected chi connectivity index (χ4v) is 2.13. The molecular formula is C11H21NO. The highest BCUT2D eigenvalue weighted by molar-refractivity contribution is 5.05. The first kappa shape index (κ1) is 9.47. The fourth-order valence-electron chi connectivity index (χ4n) is 2.13. The molecule has 2 rings (SSSR count). The molecule has 1 aliphatic heterocycles. The van der Waals surface area contributed by atoms with Gasteiger partial charge in [-0.1, -0.05) is 13.8 Å². The van der Waals surface area contributed by atoms with Gasteiger partial charge in [-0.05, 0) is 31.7 Å². The van der Waals surface area contributed by atoms with E-state index in [1.54, 1.807) is 0 Å². The Bertz CT molecular complexity index is 175. The molecule has 76 valence electrons. The van der Waals surface area contributed by atoms with Crippen LogP contribution in [0.15, 0.2) is 0 Å². The van der Waals surface area contributed by atoms with Crippen molar-refractivity contribution in [3.05, 3.63) is 0 Å². The summed E-state index contributed by atoms with van der Waals surface area (Å²) in [6, 6.07) is 0. The molecule has 0 aromatic carbocycles. The molecule has 1 heterocycles. The van der Waals surface area contributed by atoms with Crippen LogP contribution in [0.4, 0.5) is 0 Å². The Morgan fingerprint density at radius 1 is 1.38 bits per heavy atom. The van der Waals surface area contributed by atoms with E-state index in [-0.39, 0.29) is 0 Å². The summed E-state index contributed by atoms with van der Waals surface area (Å²) in [5, 5.41) is 0. The van der Waals surface area contributed by atoms with Gasteiger partial charge in [-0.3, -0.25) is 4.90 Å². The number of hydrogen-bond acceptors (Lipinski definition) is 2. The lowest BCUT2D eigenvalue weighted by molar-refractivity contribution is -0.0218. The summed E-state index contributed by atoms with van der Waals surface area (Å²) < 4.78 is 5.54. The summed E-state index contributed by atoms with van der Waals surface area (Å²) in [5.74, 6) is 0.832. The first-order valence-electron chi connectivity index (χ1n) is 5.56. The summed E-state index contributed by atoms with van der Waals surface area (Å²) in [6.45, 7) is 8.98. The van der Waals surface area contributed by atoms with Gasteiger partial charge in [0.25, 0.3) is 0 Å². The highest BCUT2D eigenvalue weighted by Gasteiger charge is 2.49. The molecule has 0 aromatic rings. The van der Waals surface area contributed by atoms with Gasteiger partial charge in [-0.2, -0.15) is 0 Å². The predicted molar refractivity (Wildman–Crippen MR) is 53.8 cm³/mol. The first-order chi connectivity index (χ1) is 6.23. The molecule has 1 spiro atoms. The summed E-state index contributed by atoms with van der Waals surface area (Å²) in [4.78, 5) is 2.66.